The minimum absolute atomic E-state index is 0.00761. The van der Waals surface area contributed by atoms with Crippen molar-refractivity contribution >= 4 is 17.3 Å². The van der Waals surface area contributed by atoms with E-state index in [9.17, 15) is 14.9 Å². The van der Waals surface area contributed by atoms with Crippen LogP contribution in [0.4, 0.5) is 11.4 Å². The molecule has 0 saturated carbocycles. The second-order valence-corrected chi connectivity index (χ2v) is 5.11. The standard InChI is InChI=1S/C14H20N4O3/c1-3-15-12-10-11(4-5-13(12)18(20)21)14(19)17-8-6-16(2)7-9-17/h4-5,10,15H,3,6-9H2,1-2H3. The van der Waals surface area contributed by atoms with Crippen molar-refractivity contribution in [3.05, 3.63) is 33.9 Å². The number of anilines is 1. The number of rotatable bonds is 4. The SMILES string of the molecule is CCNc1cc(C(=O)N2CCN(C)CC2)ccc1[N+](=O)[O-]. The first-order chi connectivity index (χ1) is 10.0. The summed E-state index contributed by atoms with van der Waals surface area (Å²) in [6, 6.07) is 4.49. The Labute approximate surface area is 123 Å². The summed E-state index contributed by atoms with van der Waals surface area (Å²) in [5, 5.41) is 13.9. The number of piperazine rings is 1. The fraction of sp³-hybridized carbons (Fsp3) is 0.500. The maximum atomic E-state index is 12.5. The predicted octanol–water partition coefficient (Wildman–Crippen LogP) is 1.41. The summed E-state index contributed by atoms with van der Waals surface area (Å²) in [4.78, 5) is 27.0. The van der Waals surface area contributed by atoms with E-state index in [0.29, 0.717) is 30.9 Å². The molecule has 7 nitrogen and oxygen atoms in total. The Morgan fingerprint density at radius 2 is 2.00 bits per heavy atom. The number of nitro benzene ring substituents is 1. The van der Waals surface area contributed by atoms with Crippen molar-refractivity contribution in [2.75, 3.05) is 45.1 Å². The summed E-state index contributed by atoms with van der Waals surface area (Å²) >= 11 is 0. The van der Waals surface area contributed by atoms with E-state index in [-0.39, 0.29) is 11.6 Å². The molecule has 1 aliphatic rings. The van der Waals surface area contributed by atoms with Gasteiger partial charge < -0.3 is 15.1 Å². The Morgan fingerprint density at radius 1 is 1.33 bits per heavy atom. The van der Waals surface area contributed by atoms with Crippen LogP contribution < -0.4 is 5.32 Å². The third-order valence-corrected chi connectivity index (χ3v) is 3.60. The highest BCUT2D eigenvalue weighted by Crippen LogP contribution is 2.26. The zero-order valence-corrected chi connectivity index (χ0v) is 12.3. The summed E-state index contributed by atoms with van der Waals surface area (Å²) in [6.45, 7) is 5.48. The number of nitro groups is 1. The van der Waals surface area contributed by atoms with Crippen LogP contribution in [-0.4, -0.2) is 60.4 Å². The molecule has 1 heterocycles. The van der Waals surface area contributed by atoms with E-state index in [1.807, 2.05) is 14.0 Å². The molecule has 0 spiro atoms. The number of likely N-dealkylation sites (N-methyl/N-ethyl adjacent to an activating group) is 1. The van der Waals surface area contributed by atoms with Gasteiger partial charge in [0.25, 0.3) is 11.6 Å². The molecule has 1 amide bonds. The fourth-order valence-electron chi connectivity index (χ4n) is 2.35. The molecule has 0 aliphatic carbocycles. The summed E-state index contributed by atoms with van der Waals surface area (Å²) in [5.74, 6) is -0.0721. The highest BCUT2D eigenvalue weighted by atomic mass is 16.6. The van der Waals surface area contributed by atoms with Gasteiger partial charge in [0.2, 0.25) is 0 Å². The minimum atomic E-state index is -0.442. The number of carbonyl (C=O) groups is 1. The smallest absolute Gasteiger partial charge is 0.292 e. The largest absolute Gasteiger partial charge is 0.380 e. The van der Waals surface area contributed by atoms with Gasteiger partial charge in [-0.1, -0.05) is 0 Å². The van der Waals surface area contributed by atoms with Crippen molar-refractivity contribution in [1.82, 2.24) is 9.80 Å². The molecule has 1 aromatic rings. The quantitative estimate of drug-likeness (QED) is 0.670. The Bertz CT molecular complexity index is 539. The molecule has 114 valence electrons. The molecule has 1 fully saturated rings. The lowest BCUT2D eigenvalue weighted by Crippen LogP contribution is -2.47. The molecule has 0 aromatic heterocycles. The second-order valence-electron chi connectivity index (χ2n) is 5.11. The first-order valence-corrected chi connectivity index (χ1v) is 7.03. The molecule has 0 radical (unpaired) electrons. The van der Waals surface area contributed by atoms with Crippen LogP contribution in [0.15, 0.2) is 18.2 Å². The average Bonchev–Trinajstić information content (AvgIpc) is 2.47. The Balaban J connectivity index is 2.21. The maximum Gasteiger partial charge on any atom is 0.292 e. The molecular formula is C14H20N4O3. The van der Waals surface area contributed by atoms with Crippen molar-refractivity contribution in [1.29, 1.82) is 0 Å². The molecule has 0 unspecified atom stereocenters. The monoisotopic (exact) mass is 292 g/mol. The third-order valence-electron chi connectivity index (χ3n) is 3.60. The van der Waals surface area contributed by atoms with Crippen LogP contribution in [0.1, 0.15) is 17.3 Å². The van der Waals surface area contributed by atoms with Gasteiger partial charge in [-0.15, -0.1) is 0 Å². The molecule has 7 heteroatoms. The van der Waals surface area contributed by atoms with Gasteiger partial charge in [-0.25, -0.2) is 0 Å². The normalized spacial score (nSPS) is 15.8. The molecule has 1 N–H and O–H groups in total. The van der Waals surface area contributed by atoms with Gasteiger partial charge in [-0.05, 0) is 26.1 Å². The number of amides is 1. The van der Waals surface area contributed by atoms with Crippen LogP contribution in [0.2, 0.25) is 0 Å². The summed E-state index contributed by atoms with van der Waals surface area (Å²) < 4.78 is 0. The molecule has 21 heavy (non-hydrogen) atoms. The molecule has 1 saturated heterocycles. The number of nitrogens with one attached hydrogen (secondary N) is 1. The molecule has 0 bridgehead atoms. The van der Waals surface area contributed by atoms with Crippen LogP contribution >= 0.6 is 0 Å². The highest BCUT2D eigenvalue weighted by Gasteiger charge is 2.22. The lowest BCUT2D eigenvalue weighted by atomic mass is 10.1. The molecule has 2 rings (SSSR count). The number of carbonyl (C=O) groups excluding carboxylic acids is 1. The van der Waals surface area contributed by atoms with Crippen LogP contribution in [-0.2, 0) is 0 Å². The van der Waals surface area contributed by atoms with Crippen LogP contribution in [0, 0.1) is 10.1 Å². The third kappa shape index (κ3) is 3.49. The van der Waals surface area contributed by atoms with E-state index in [1.165, 1.54) is 12.1 Å². The van der Waals surface area contributed by atoms with E-state index in [4.69, 9.17) is 0 Å². The molecule has 1 aromatic carbocycles. The molecule has 0 atom stereocenters. The Kier molecular flexibility index (Phi) is 4.74. The predicted molar refractivity (Wildman–Crippen MR) is 80.7 cm³/mol. The van der Waals surface area contributed by atoms with E-state index in [1.54, 1.807) is 11.0 Å². The maximum absolute atomic E-state index is 12.5. The van der Waals surface area contributed by atoms with Gasteiger partial charge in [-0.2, -0.15) is 0 Å². The first-order valence-electron chi connectivity index (χ1n) is 7.03. The van der Waals surface area contributed by atoms with Gasteiger partial charge in [0, 0.05) is 44.4 Å². The van der Waals surface area contributed by atoms with Gasteiger partial charge in [0.15, 0.2) is 0 Å². The number of benzene rings is 1. The van der Waals surface area contributed by atoms with E-state index < -0.39 is 4.92 Å². The van der Waals surface area contributed by atoms with E-state index >= 15 is 0 Å². The highest BCUT2D eigenvalue weighted by molar-refractivity contribution is 5.96. The zero-order chi connectivity index (χ0) is 15.4. The van der Waals surface area contributed by atoms with Crippen molar-refractivity contribution < 1.29 is 9.72 Å². The van der Waals surface area contributed by atoms with Gasteiger partial charge in [-0.3, -0.25) is 14.9 Å². The van der Waals surface area contributed by atoms with E-state index in [0.717, 1.165) is 13.1 Å². The lowest BCUT2D eigenvalue weighted by Gasteiger charge is -2.32. The summed E-state index contributed by atoms with van der Waals surface area (Å²) in [5.41, 5.74) is 0.871. The number of hydrogen-bond acceptors (Lipinski definition) is 5. The topological polar surface area (TPSA) is 78.7 Å². The van der Waals surface area contributed by atoms with Crippen molar-refractivity contribution in [3.63, 3.8) is 0 Å². The summed E-state index contributed by atoms with van der Waals surface area (Å²) in [6.07, 6.45) is 0. The van der Waals surface area contributed by atoms with Crippen molar-refractivity contribution in [2.45, 2.75) is 6.92 Å². The second kappa shape index (κ2) is 6.53. The van der Waals surface area contributed by atoms with Crippen molar-refractivity contribution in [3.8, 4) is 0 Å². The first kappa shape index (κ1) is 15.2. The fourth-order valence-corrected chi connectivity index (χ4v) is 2.35. The van der Waals surface area contributed by atoms with Gasteiger partial charge in [0.05, 0.1) is 4.92 Å². The van der Waals surface area contributed by atoms with E-state index in [2.05, 4.69) is 10.2 Å². The van der Waals surface area contributed by atoms with Gasteiger partial charge >= 0.3 is 0 Å². The zero-order valence-electron chi connectivity index (χ0n) is 12.3. The lowest BCUT2D eigenvalue weighted by molar-refractivity contribution is -0.384. The summed E-state index contributed by atoms with van der Waals surface area (Å²) in [7, 11) is 2.02. The number of hydrogen-bond donors (Lipinski definition) is 1. The average molecular weight is 292 g/mol. The van der Waals surface area contributed by atoms with Crippen LogP contribution in [0.25, 0.3) is 0 Å². The van der Waals surface area contributed by atoms with Crippen LogP contribution in [0.3, 0.4) is 0 Å². The Morgan fingerprint density at radius 3 is 2.57 bits per heavy atom. The van der Waals surface area contributed by atoms with Crippen LogP contribution in [0.5, 0.6) is 0 Å². The van der Waals surface area contributed by atoms with Gasteiger partial charge in [0.1, 0.15) is 5.69 Å². The molecule has 1 aliphatic heterocycles. The number of nitrogens with zero attached hydrogens (tertiary/aromatic N) is 3. The van der Waals surface area contributed by atoms with Crippen molar-refractivity contribution in [2.24, 2.45) is 0 Å². The minimum Gasteiger partial charge on any atom is -0.380 e. The Hall–Kier alpha value is -2.15. The molecular weight excluding hydrogens is 272 g/mol.